The molecule has 0 aromatic heterocycles. The highest BCUT2D eigenvalue weighted by molar-refractivity contribution is 5.45. The molecule has 1 aromatic rings. The molecule has 0 aliphatic rings. The highest BCUT2D eigenvalue weighted by atomic mass is 16.6. The molecule has 0 radical (unpaired) electrons. The first kappa shape index (κ1) is 14.4. The van der Waals surface area contributed by atoms with Crippen molar-refractivity contribution in [2.45, 2.75) is 18.6 Å². The lowest BCUT2D eigenvalue weighted by Gasteiger charge is -2.19. The summed E-state index contributed by atoms with van der Waals surface area (Å²) in [6.45, 7) is -0.270. The van der Waals surface area contributed by atoms with E-state index < -0.39 is 17.1 Å². The summed E-state index contributed by atoms with van der Waals surface area (Å²) >= 11 is 0. The Kier molecular flexibility index (Phi) is 5.02. The van der Waals surface area contributed by atoms with Gasteiger partial charge in [-0.1, -0.05) is 0 Å². The molecular weight excluding hydrogens is 242 g/mol. The summed E-state index contributed by atoms with van der Waals surface area (Å²) in [6, 6.07) is 3.71. The molecule has 0 aliphatic heterocycles. The number of aliphatic hydroxyl groups excluding tert-OH is 3. The molecule has 0 fully saturated rings. The number of benzene rings is 1. The number of hydrogen-bond acceptors (Lipinski definition) is 6. The van der Waals surface area contributed by atoms with Crippen molar-refractivity contribution in [3.8, 4) is 5.75 Å². The van der Waals surface area contributed by atoms with Crippen LogP contribution in [0.2, 0.25) is 0 Å². The molecule has 100 valence electrons. The normalized spacial score (nSPS) is 14.0. The monoisotopic (exact) mass is 257 g/mol. The zero-order chi connectivity index (χ0) is 13.7. The maximum Gasteiger partial charge on any atom is 0.273 e. The van der Waals surface area contributed by atoms with Crippen LogP contribution < -0.4 is 4.74 Å². The molecule has 0 aliphatic carbocycles. The number of nitro groups is 1. The van der Waals surface area contributed by atoms with Crippen LogP contribution in [0.25, 0.3) is 0 Å². The molecule has 2 unspecified atom stereocenters. The van der Waals surface area contributed by atoms with Gasteiger partial charge in [-0.25, -0.2) is 0 Å². The molecular formula is C11H15NO6. The molecule has 0 bridgehead atoms. The molecule has 0 heterocycles. The Hall–Kier alpha value is -1.70. The van der Waals surface area contributed by atoms with Crippen LogP contribution in [-0.2, 0) is 0 Å². The quantitative estimate of drug-likeness (QED) is 0.501. The molecule has 18 heavy (non-hydrogen) atoms. The van der Waals surface area contributed by atoms with Gasteiger partial charge >= 0.3 is 0 Å². The van der Waals surface area contributed by atoms with E-state index in [1.807, 2.05) is 0 Å². The van der Waals surface area contributed by atoms with Crippen molar-refractivity contribution < 1.29 is 25.0 Å². The zero-order valence-corrected chi connectivity index (χ0v) is 9.81. The smallest absolute Gasteiger partial charge is 0.273 e. The van der Waals surface area contributed by atoms with Crippen LogP contribution >= 0.6 is 0 Å². The fourth-order valence-corrected chi connectivity index (χ4v) is 1.56. The van der Waals surface area contributed by atoms with Gasteiger partial charge in [-0.15, -0.1) is 0 Å². The van der Waals surface area contributed by atoms with E-state index in [-0.39, 0.29) is 30.0 Å². The Morgan fingerprint density at radius 2 is 2.11 bits per heavy atom. The van der Waals surface area contributed by atoms with Crippen molar-refractivity contribution >= 4 is 5.69 Å². The Bertz CT molecular complexity index is 422. The molecule has 2 atom stereocenters. The van der Waals surface area contributed by atoms with Gasteiger partial charge in [-0.05, 0) is 12.5 Å². The Balaban J connectivity index is 3.05. The maximum atomic E-state index is 10.6. The number of aliphatic hydroxyl groups is 3. The summed E-state index contributed by atoms with van der Waals surface area (Å²) in [5, 5.41) is 38.7. The minimum absolute atomic E-state index is 0.00130. The molecule has 1 aromatic carbocycles. The summed E-state index contributed by atoms with van der Waals surface area (Å²) in [7, 11) is 1.31. The second kappa shape index (κ2) is 6.29. The van der Waals surface area contributed by atoms with E-state index in [0.29, 0.717) is 0 Å². The number of methoxy groups -OCH3 is 1. The first-order valence-electron chi connectivity index (χ1n) is 5.30. The number of rotatable bonds is 6. The first-order chi connectivity index (χ1) is 8.51. The van der Waals surface area contributed by atoms with Gasteiger partial charge in [-0.3, -0.25) is 10.1 Å². The lowest BCUT2D eigenvalue weighted by Crippen LogP contribution is -2.20. The summed E-state index contributed by atoms with van der Waals surface area (Å²) < 4.78 is 4.95. The average molecular weight is 257 g/mol. The largest absolute Gasteiger partial charge is 0.496 e. The minimum Gasteiger partial charge on any atom is -0.496 e. The summed E-state index contributed by atoms with van der Waals surface area (Å²) in [5.74, 6) is 0.119. The zero-order valence-electron chi connectivity index (χ0n) is 9.81. The van der Waals surface area contributed by atoms with Gasteiger partial charge in [0.05, 0.1) is 24.2 Å². The van der Waals surface area contributed by atoms with Crippen molar-refractivity contribution in [3.05, 3.63) is 33.9 Å². The summed E-state index contributed by atoms with van der Waals surface area (Å²) in [6.07, 6.45) is -2.43. The van der Waals surface area contributed by atoms with E-state index in [9.17, 15) is 20.3 Å². The van der Waals surface area contributed by atoms with Gasteiger partial charge in [0.25, 0.3) is 5.69 Å². The van der Waals surface area contributed by atoms with Gasteiger partial charge < -0.3 is 20.1 Å². The summed E-state index contributed by atoms with van der Waals surface area (Å²) in [4.78, 5) is 10.0. The SMILES string of the molecule is COc1cc([N+](=O)[O-])ccc1C(O)C(O)CCO. The van der Waals surface area contributed by atoms with Gasteiger partial charge in [0, 0.05) is 18.2 Å². The van der Waals surface area contributed by atoms with E-state index in [1.165, 1.54) is 25.3 Å². The van der Waals surface area contributed by atoms with Gasteiger partial charge in [0.15, 0.2) is 0 Å². The third kappa shape index (κ3) is 3.16. The fraction of sp³-hybridized carbons (Fsp3) is 0.455. The lowest BCUT2D eigenvalue weighted by atomic mass is 10.0. The first-order valence-corrected chi connectivity index (χ1v) is 5.30. The van der Waals surface area contributed by atoms with Crippen molar-refractivity contribution in [1.29, 1.82) is 0 Å². The van der Waals surface area contributed by atoms with Crippen molar-refractivity contribution in [3.63, 3.8) is 0 Å². The molecule has 0 spiro atoms. The summed E-state index contributed by atoms with van der Waals surface area (Å²) in [5.41, 5.74) is 0.0727. The Morgan fingerprint density at radius 1 is 1.44 bits per heavy atom. The van der Waals surface area contributed by atoms with Crippen molar-refractivity contribution in [1.82, 2.24) is 0 Å². The molecule has 0 saturated carbocycles. The number of nitro benzene ring substituents is 1. The molecule has 3 N–H and O–H groups in total. The highest BCUT2D eigenvalue weighted by Crippen LogP contribution is 2.31. The predicted octanol–water partition coefficient (Wildman–Crippen LogP) is 0.380. The molecule has 0 amide bonds. The molecule has 7 heteroatoms. The van der Waals surface area contributed by atoms with Crippen molar-refractivity contribution in [2.24, 2.45) is 0 Å². The Morgan fingerprint density at radius 3 is 2.61 bits per heavy atom. The van der Waals surface area contributed by atoms with Crippen LogP contribution in [0.4, 0.5) is 5.69 Å². The number of non-ortho nitro benzene ring substituents is 1. The van der Waals surface area contributed by atoms with Crippen LogP contribution in [0.1, 0.15) is 18.1 Å². The fourth-order valence-electron chi connectivity index (χ4n) is 1.56. The van der Waals surface area contributed by atoms with E-state index >= 15 is 0 Å². The maximum absolute atomic E-state index is 10.6. The van der Waals surface area contributed by atoms with Crippen LogP contribution in [0, 0.1) is 10.1 Å². The second-order valence-corrected chi connectivity index (χ2v) is 3.71. The minimum atomic E-state index is -1.27. The van der Waals surface area contributed by atoms with Crippen LogP contribution in [-0.4, -0.2) is 40.1 Å². The standard InChI is InChI=1S/C11H15NO6/c1-18-10-6-7(12(16)17)2-3-8(10)11(15)9(14)4-5-13/h2-3,6,9,11,13-15H,4-5H2,1H3. The molecule has 7 nitrogen and oxygen atoms in total. The van der Waals surface area contributed by atoms with Crippen LogP contribution in [0.15, 0.2) is 18.2 Å². The second-order valence-electron chi connectivity index (χ2n) is 3.71. The highest BCUT2D eigenvalue weighted by Gasteiger charge is 2.23. The van der Waals surface area contributed by atoms with E-state index in [4.69, 9.17) is 9.84 Å². The third-order valence-electron chi connectivity index (χ3n) is 2.54. The van der Waals surface area contributed by atoms with E-state index in [1.54, 1.807) is 0 Å². The average Bonchev–Trinajstić information content (AvgIpc) is 2.37. The Labute approximate surface area is 103 Å². The van der Waals surface area contributed by atoms with E-state index in [2.05, 4.69) is 0 Å². The topological polar surface area (TPSA) is 113 Å². The lowest BCUT2D eigenvalue weighted by molar-refractivity contribution is -0.385. The van der Waals surface area contributed by atoms with E-state index in [0.717, 1.165) is 0 Å². The van der Waals surface area contributed by atoms with Crippen molar-refractivity contribution in [2.75, 3.05) is 13.7 Å². The van der Waals surface area contributed by atoms with Crippen LogP contribution in [0.5, 0.6) is 5.75 Å². The number of nitrogens with zero attached hydrogens (tertiary/aromatic N) is 1. The van der Waals surface area contributed by atoms with Crippen LogP contribution in [0.3, 0.4) is 0 Å². The van der Waals surface area contributed by atoms with Gasteiger partial charge in [0.2, 0.25) is 0 Å². The third-order valence-corrected chi connectivity index (χ3v) is 2.54. The number of ether oxygens (including phenoxy) is 1. The predicted molar refractivity (Wildman–Crippen MR) is 62.3 cm³/mol. The van der Waals surface area contributed by atoms with Gasteiger partial charge in [0.1, 0.15) is 11.9 Å². The molecule has 0 saturated heterocycles. The number of hydrogen-bond donors (Lipinski definition) is 3. The van der Waals surface area contributed by atoms with Gasteiger partial charge in [-0.2, -0.15) is 0 Å². The molecule has 1 rings (SSSR count).